The Bertz CT molecular complexity index is 1020. The molecule has 2 aliphatic heterocycles. The summed E-state index contributed by atoms with van der Waals surface area (Å²) in [6.07, 6.45) is 1.14. The number of piperazine rings is 1. The zero-order valence-corrected chi connectivity index (χ0v) is 17.9. The van der Waals surface area contributed by atoms with Crippen LogP contribution in [0.1, 0.15) is 12.8 Å². The Labute approximate surface area is 180 Å². The molecule has 2 aromatic rings. The molecule has 2 aromatic carbocycles. The quantitative estimate of drug-likeness (QED) is 0.717. The Hall–Kier alpha value is -2.16. The number of halogens is 2. The van der Waals surface area contributed by atoms with E-state index in [1.807, 2.05) is 4.90 Å². The summed E-state index contributed by atoms with van der Waals surface area (Å²) in [5.41, 5.74) is 0.525. The van der Waals surface area contributed by atoms with Gasteiger partial charge in [-0.15, -0.1) is 0 Å². The fourth-order valence-electron chi connectivity index (χ4n) is 4.10. The van der Waals surface area contributed by atoms with Crippen molar-refractivity contribution in [3.05, 3.63) is 59.4 Å². The number of hydrogen-bond donors (Lipinski definition) is 0. The van der Waals surface area contributed by atoms with E-state index in [1.165, 1.54) is 34.6 Å². The van der Waals surface area contributed by atoms with Crippen LogP contribution in [0.2, 0.25) is 5.02 Å². The zero-order valence-electron chi connectivity index (χ0n) is 16.4. The molecule has 6 nitrogen and oxygen atoms in total. The van der Waals surface area contributed by atoms with E-state index in [-0.39, 0.29) is 16.6 Å². The first-order valence-corrected chi connectivity index (χ1v) is 11.8. The number of amides is 1. The maximum absolute atomic E-state index is 14.0. The molecule has 0 saturated carbocycles. The molecule has 2 fully saturated rings. The Balaban J connectivity index is 1.45. The Morgan fingerprint density at radius 3 is 2.30 bits per heavy atom. The molecule has 2 saturated heterocycles. The topological polar surface area (TPSA) is 60.9 Å². The maximum atomic E-state index is 14.0. The second kappa shape index (κ2) is 8.53. The lowest BCUT2D eigenvalue weighted by molar-refractivity contribution is -0.134. The third kappa shape index (κ3) is 4.04. The van der Waals surface area contributed by atoms with Crippen molar-refractivity contribution >= 4 is 33.2 Å². The molecule has 0 unspecified atom stereocenters. The van der Waals surface area contributed by atoms with Gasteiger partial charge in [0.2, 0.25) is 15.9 Å². The predicted octanol–water partition coefficient (Wildman–Crippen LogP) is 2.98. The molecule has 0 aromatic heterocycles. The van der Waals surface area contributed by atoms with Crippen LogP contribution in [0.25, 0.3) is 0 Å². The van der Waals surface area contributed by atoms with Crippen molar-refractivity contribution in [1.82, 2.24) is 9.21 Å². The van der Waals surface area contributed by atoms with E-state index in [4.69, 9.17) is 11.6 Å². The summed E-state index contributed by atoms with van der Waals surface area (Å²) in [5.74, 6) is -0.466. The van der Waals surface area contributed by atoms with Gasteiger partial charge >= 0.3 is 0 Å². The van der Waals surface area contributed by atoms with Gasteiger partial charge in [0.1, 0.15) is 11.9 Å². The second-order valence-corrected chi connectivity index (χ2v) is 9.82. The smallest absolute Gasteiger partial charge is 0.243 e. The van der Waals surface area contributed by atoms with Crippen LogP contribution in [0.4, 0.5) is 10.1 Å². The number of para-hydroxylation sites is 1. The van der Waals surface area contributed by atoms with Gasteiger partial charge < -0.3 is 9.80 Å². The number of nitrogens with zero attached hydrogens (tertiary/aromatic N) is 3. The molecule has 4 rings (SSSR count). The molecule has 0 aliphatic carbocycles. The van der Waals surface area contributed by atoms with Gasteiger partial charge in [0.05, 0.1) is 10.6 Å². The Kier molecular flexibility index (Phi) is 5.99. The molecule has 0 spiro atoms. The molecular formula is C21H23ClFN3O3S. The van der Waals surface area contributed by atoms with Crippen LogP contribution < -0.4 is 4.90 Å². The van der Waals surface area contributed by atoms with E-state index in [2.05, 4.69) is 0 Å². The minimum Gasteiger partial charge on any atom is -0.366 e. The molecule has 2 aliphatic rings. The van der Waals surface area contributed by atoms with Crippen LogP contribution in [0, 0.1) is 5.82 Å². The van der Waals surface area contributed by atoms with E-state index in [0.717, 1.165) is 0 Å². The predicted molar refractivity (Wildman–Crippen MR) is 114 cm³/mol. The van der Waals surface area contributed by atoms with Crippen molar-refractivity contribution in [1.29, 1.82) is 0 Å². The van der Waals surface area contributed by atoms with Crippen molar-refractivity contribution in [2.24, 2.45) is 0 Å². The first-order chi connectivity index (χ1) is 14.4. The van der Waals surface area contributed by atoms with Crippen LogP contribution in [-0.2, 0) is 14.8 Å². The maximum Gasteiger partial charge on any atom is 0.243 e. The summed E-state index contributed by atoms with van der Waals surface area (Å²) < 4.78 is 41.5. The summed E-state index contributed by atoms with van der Waals surface area (Å²) in [6.45, 7) is 2.18. The number of rotatable bonds is 4. The minimum atomic E-state index is -3.78. The van der Waals surface area contributed by atoms with Crippen LogP contribution in [-0.4, -0.2) is 62.3 Å². The highest BCUT2D eigenvalue weighted by Gasteiger charge is 2.41. The van der Waals surface area contributed by atoms with E-state index in [0.29, 0.717) is 56.3 Å². The molecule has 9 heteroatoms. The first-order valence-electron chi connectivity index (χ1n) is 9.93. The number of benzene rings is 2. The van der Waals surface area contributed by atoms with Crippen LogP contribution in [0.3, 0.4) is 0 Å². The van der Waals surface area contributed by atoms with Crippen molar-refractivity contribution in [2.45, 2.75) is 23.8 Å². The number of sulfonamides is 1. The monoisotopic (exact) mass is 451 g/mol. The van der Waals surface area contributed by atoms with E-state index >= 15 is 0 Å². The molecule has 2 heterocycles. The average Bonchev–Trinajstić information content (AvgIpc) is 3.25. The summed E-state index contributed by atoms with van der Waals surface area (Å²) in [4.78, 5) is 16.9. The van der Waals surface area contributed by atoms with Gasteiger partial charge in [0, 0.05) is 37.7 Å². The lowest BCUT2D eigenvalue weighted by Crippen LogP contribution is -2.54. The van der Waals surface area contributed by atoms with Gasteiger partial charge in [-0.2, -0.15) is 4.31 Å². The SMILES string of the molecule is O=C([C@@H]1CCCN1S(=O)(=O)c1ccc(Cl)cc1)N1CCN(c2ccccc2F)CC1. The van der Waals surface area contributed by atoms with Crippen LogP contribution in [0.15, 0.2) is 53.4 Å². The van der Waals surface area contributed by atoms with Gasteiger partial charge in [0.25, 0.3) is 0 Å². The molecule has 1 atom stereocenters. The lowest BCUT2D eigenvalue weighted by atomic mass is 10.1. The summed E-state index contributed by atoms with van der Waals surface area (Å²) in [5, 5.41) is 0.454. The zero-order chi connectivity index (χ0) is 21.3. The third-order valence-corrected chi connectivity index (χ3v) is 7.87. The van der Waals surface area contributed by atoms with Gasteiger partial charge in [-0.25, -0.2) is 12.8 Å². The van der Waals surface area contributed by atoms with Crippen LogP contribution >= 0.6 is 11.6 Å². The summed E-state index contributed by atoms with van der Waals surface area (Å²) >= 11 is 5.87. The van der Waals surface area contributed by atoms with Gasteiger partial charge in [0.15, 0.2) is 0 Å². The van der Waals surface area contributed by atoms with Crippen LogP contribution in [0.5, 0.6) is 0 Å². The highest BCUT2D eigenvalue weighted by atomic mass is 35.5. The molecule has 1 amide bonds. The van der Waals surface area contributed by atoms with E-state index < -0.39 is 16.1 Å². The van der Waals surface area contributed by atoms with Crippen molar-refractivity contribution in [2.75, 3.05) is 37.6 Å². The highest BCUT2D eigenvalue weighted by Crippen LogP contribution is 2.29. The van der Waals surface area contributed by atoms with E-state index in [9.17, 15) is 17.6 Å². The Morgan fingerprint density at radius 1 is 0.967 bits per heavy atom. The molecule has 0 bridgehead atoms. The largest absolute Gasteiger partial charge is 0.366 e. The average molecular weight is 452 g/mol. The van der Waals surface area contributed by atoms with E-state index in [1.54, 1.807) is 23.1 Å². The summed E-state index contributed by atoms with van der Waals surface area (Å²) in [7, 11) is -3.78. The fourth-order valence-corrected chi connectivity index (χ4v) is 5.88. The minimum absolute atomic E-state index is 0.135. The molecule has 30 heavy (non-hydrogen) atoms. The molecule has 0 radical (unpaired) electrons. The van der Waals surface area contributed by atoms with Gasteiger partial charge in [-0.1, -0.05) is 23.7 Å². The van der Waals surface area contributed by atoms with Gasteiger partial charge in [-0.05, 0) is 49.2 Å². The third-order valence-electron chi connectivity index (χ3n) is 5.69. The standard InChI is InChI=1S/C21H23ClFN3O3S/c22-16-7-9-17(10-8-16)30(28,29)26-11-3-6-20(26)21(27)25-14-12-24(13-15-25)19-5-2-1-4-18(19)23/h1-2,4-5,7-10,20H,3,6,11-15H2/t20-/m0/s1. The van der Waals surface area contributed by atoms with Crippen molar-refractivity contribution in [3.8, 4) is 0 Å². The molecule has 160 valence electrons. The molecule has 0 N–H and O–H groups in total. The molecular weight excluding hydrogens is 429 g/mol. The van der Waals surface area contributed by atoms with Crippen molar-refractivity contribution in [3.63, 3.8) is 0 Å². The van der Waals surface area contributed by atoms with Crippen molar-refractivity contribution < 1.29 is 17.6 Å². The number of carbonyl (C=O) groups excluding carboxylic acids is 1. The number of carbonyl (C=O) groups is 1. The second-order valence-electron chi connectivity index (χ2n) is 7.49. The lowest BCUT2D eigenvalue weighted by Gasteiger charge is -2.38. The first kappa shape index (κ1) is 21.1. The number of hydrogen-bond acceptors (Lipinski definition) is 4. The fraction of sp³-hybridized carbons (Fsp3) is 0.381. The summed E-state index contributed by atoms with van der Waals surface area (Å²) in [6, 6.07) is 11.9. The number of anilines is 1. The Morgan fingerprint density at radius 2 is 1.63 bits per heavy atom. The normalized spacial score (nSPS) is 20.5. The van der Waals surface area contributed by atoms with Gasteiger partial charge in [-0.3, -0.25) is 4.79 Å². The highest BCUT2D eigenvalue weighted by molar-refractivity contribution is 7.89.